The molecular formula is C13H18N4O5. The van der Waals surface area contributed by atoms with Gasteiger partial charge in [-0.15, -0.1) is 0 Å². The first-order valence-corrected chi connectivity index (χ1v) is 6.43. The van der Waals surface area contributed by atoms with Crippen molar-refractivity contribution in [3.05, 3.63) is 23.8 Å². The van der Waals surface area contributed by atoms with Crippen molar-refractivity contribution in [1.82, 2.24) is 5.32 Å². The second kappa shape index (κ2) is 7.72. The zero-order chi connectivity index (χ0) is 16.7. The lowest BCUT2D eigenvalue weighted by molar-refractivity contribution is -0.139. The maximum Gasteiger partial charge on any atom is 0.326 e. The van der Waals surface area contributed by atoms with Crippen LogP contribution in [0.1, 0.15) is 23.2 Å². The van der Waals surface area contributed by atoms with E-state index in [1.165, 1.54) is 18.2 Å². The van der Waals surface area contributed by atoms with E-state index >= 15 is 0 Å². The van der Waals surface area contributed by atoms with Crippen molar-refractivity contribution in [2.24, 2.45) is 16.5 Å². The predicted octanol–water partition coefficient (Wildman–Crippen LogP) is -0.666. The molecule has 0 radical (unpaired) electrons. The number of nitrogens with zero attached hydrogens (tertiary/aromatic N) is 1. The molecule has 8 N–H and O–H groups in total. The van der Waals surface area contributed by atoms with Crippen LogP contribution in [0.3, 0.4) is 0 Å². The minimum Gasteiger partial charge on any atom is -0.504 e. The maximum absolute atomic E-state index is 12.0. The van der Waals surface area contributed by atoms with E-state index in [1.807, 2.05) is 0 Å². The number of hydrogen-bond acceptors (Lipinski definition) is 5. The van der Waals surface area contributed by atoms with Gasteiger partial charge in [0.25, 0.3) is 5.91 Å². The highest BCUT2D eigenvalue weighted by molar-refractivity contribution is 5.99. The van der Waals surface area contributed by atoms with Crippen molar-refractivity contribution in [2.45, 2.75) is 18.9 Å². The largest absolute Gasteiger partial charge is 0.504 e. The fourth-order valence-corrected chi connectivity index (χ4v) is 1.71. The van der Waals surface area contributed by atoms with E-state index in [9.17, 15) is 19.8 Å². The summed E-state index contributed by atoms with van der Waals surface area (Å²) >= 11 is 0. The Morgan fingerprint density at radius 3 is 2.55 bits per heavy atom. The van der Waals surface area contributed by atoms with Gasteiger partial charge in [0.05, 0.1) is 5.56 Å². The Bertz CT molecular complexity index is 584. The first-order valence-electron chi connectivity index (χ1n) is 6.43. The molecule has 120 valence electrons. The highest BCUT2D eigenvalue weighted by atomic mass is 16.4. The lowest BCUT2D eigenvalue weighted by Crippen LogP contribution is -2.40. The van der Waals surface area contributed by atoms with Gasteiger partial charge < -0.3 is 32.1 Å². The number of aliphatic carboxylic acids is 1. The average Bonchev–Trinajstić information content (AvgIpc) is 2.44. The molecule has 0 aliphatic rings. The van der Waals surface area contributed by atoms with Gasteiger partial charge in [-0.25, -0.2) is 4.79 Å². The number of nitrogens with one attached hydrogen (secondary N) is 1. The number of carbonyl (C=O) groups excluding carboxylic acids is 1. The lowest BCUT2D eigenvalue weighted by atomic mass is 10.1. The van der Waals surface area contributed by atoms with Crippen LogP contribution in [-0.4, -0.2) is 45.7 Å². The van der Waals surface area contributed by atoms with Crippen LogP contribution < -0.4 is 16.8 Å². The monoisotopic (exact) mass is 310 g/mol. The molecule has 1 aromatic carbocycles. The van der Waals surface area contributed by atoms with Gasteiger partial charge in [-0.2, -0.15) is 0 Å². The van der Waals surface area contributed by atoms with Gasteiger partial charge in [-0.3, -0.25) is 9.79 Å². The van der Waals surface area contributed by atoms with E-state index < -0.39 is 29.4 Å². The van der Waals surface area contributed by atoms with Gasteiger partial charge in [0, 0.05) is 6.54 Å². The second-order valence-corrected chi connectivity index (χ2v) is 4.49. The Hall–Kier alpha value is -2.97. The summed E-state index contributed by atoms with van der Waals surface area (Å²) in [4.78, 5) is 26.8. The molecule has 0 aliphatic carbocycles. The van der Waals surface area contributed by atoms with Crippen molar-refractivity contribution in [3.63, 3.8) is 0 Å². The molecule has 1 aromatic rings. The van der Waals surface area contributed by atoms with Gasteiger partial charge >= 0.3 is 5.97 Å². The highest BCUT2D eigenvalue weighted by Crippen LogP contribution is 2.28. The number of benzene rings is 1. The minimum atomic E-state index is -1.22. The summed E-state index contributed by atoms with van der Waals surface area (Å²) in [5, 5.41) is 30.3. The summed E-state index contributed by atoms with van der Waals surface area (Å²) < 4.78 is 0. The van der Waals surface area contributed by atoms with Crippen molar-refractivity contribution in [3.8, 4) is 11.5 Å². The molecule has 22 heavy (non-hydrogen) atoms. The van der Waals surface area contributed by atoms with Gasteiger partial charge in [0.2, 0.25) is 0 Å². The molecule has 1 rings (SSSR count). The third-order valence-corrected chi connectivity index (χ3v) is 2.81. The molecule has 0 saturated heterocycles. The van der Waals surface area contributed by atoms with E-state index in [0.717, 1.165) is 0 Å². The van der Waals surface area contributed by atoms with Crippen LogP contribution in [0.4, 0.5) is 0 Å². The number of rotatable bonds is 7. The zero-order valence-corrected chi connectivity index (χ0v) is 11.7. The zero-order valence-electron chi connectivity index (χ0n) is 11.7. The van der Waals surface area contributed by atoms with Gasteiger partial charge in [-0.05, 0) is 25.0 Å². The number of nitrogens with two attached hydrogens (primary N) is 2. The Kier molecular flexibility index (Phi) is 5.99. The van der Waals surface area contributed by atoms with Crippen LogP contribution in [-0.2, 0) is 4.79 Å². The topological polar surface area (TPSA) is 171 Å². The number of carboxylic acid groups (broad SMARTS) is 1. The first kappa shape index (κ1) is 17.1. The number of carbonyl (C=O) groups is 2. The lowest BCUT2D eigenvalue weighted by Gasteiger charge is -2.14. The van der Waals surface area contributed by atoms with E-state index in [2.05, 4.69) is 10.3 Å². The number of phenols is 2. The van der Waals surface area contributed by atoms with Crippen LogP contribution in [0.2, 0.25) is 0 Å². The predicted molar refractivity (Wildman–Crippen MR) is 78.6 cm³/mol. The fourth-order valence-electron chi connectivity index (χ4n) is 1.71. The average molecular weight is 310 g/mol. The molecular weight excluding hydrogens is 292 g/mol. The van der Waals surface area contributed by atoms with E-state index in [0.29, 0.717) is 6.42 Å². The summed E-state index contributed by atoms with van der Waals surface area (Å²) in [6.45, 7) is 0.235. The van der Waals surface area contributed by atoms with E-state index in [4.69, 9.17) is 16.6 Å². The van der Waals surface area contributed by atoms with Crippen molar-refractivity contribution in [2.75, 3.05) is 6.54 Å². The molecule has 1 amide bonds. The molecule has 0 aliphatic heterocycles. The quantitative estimate of drug-likeness (QED) is 0.168. The van der Waals surface area contributed by atoms with Crippen LogP contribution in [0.25, 0.3) is 0 Å². The third kappa shape index (κ3) is 4.85. The molecule has 0 saturated carbocycles. The van der Waals surface area contributed by atoms with Crippen LogP contribution >= 0.6 is 0 Å². The number of hydrogen-bond donors (Lipinski definition) is 6. The van der Waals surface area contributed by atoms with E-state index in [-0.39, 0.29) is 24.5 Å². The number of aromatic hydroxyl groups is 2. The summed E-state index contributed by atoms with van der Waals surface area (Å²) in [6.07, 6.45) is 0.457. The second-order valence-electron chi connectivity index (χ2n) is 4.49. The molecule has 1 atom stereocenters. The number of phenolic OH excluding ortho intramolecular Hbond substituents is 2. The first-order chi connectivity index (χ1) is 10.3. The molecule has 0 heterocycles. The number of aliphatic imine (C=N–C) groups is 1. The standard InChI is InChI=1S/C13H18N4O5/c14-13(15)16-6-2-4-8(12(21)22)17-11(20)7-3-1-5-9(18)10(7)19/h1,3,5,8,18-19H,2,4,6H2,(H,17,20)(H,21,22)(H4,14,15,16)/t8-/m1/s1. The Morgan fingerprint density at radius 1 is 1.27 bits per heavy atom. The molecule has 0 fully saturated rings. The van der Waals surface area contributed by atoms with Crippen molar-refractivity contribution in [1.29, 1.82) is 0 Å². The molecule has 9 nitrogen and oxygen atoms in total. The van der Waals surface area contributed by atoms with E-state index in [1.54, 1.807) is 0 Å². The number of guanidine groups is 1. The molecule has 0 unspecified atom stereocenters. The third-order valence-electron chi connectivity index (χ3n) is 2.81. The maximum atomic E-state index is 12.0. The Morgan fingerprint density at radius 2 is 1.95 bits per heavy atom. The summed E-state index contributed by atoms with van der Waals surface area (Å²) in [6, 6.07) is 2.67. The number of carboxylic acids is 1. The smallest absolute Gasteiger partial charge is 0.326 e. The number of para-hydroxylation sites is 1. The summed E-state index contributed by atoms with van der Waals surface area (Å²) in [5.74, 6) is -3.20. The molecule has 9 heteroatoms. The normalized spacial score (nSPS) is 11.5. The Balaban J connectivity index is 2.70. The number of amides is 1. The minimum absolute atomic E-state index is 0.0967. The Labute approximate surface area is 126 Å². The molecule has 0 spiro atoms. The molecule has 0 bridgehead atoms. The van der Waals surface area contributed by atoms with Gasteiger partial charge in [0.1, 0.15) is 6.04 Å². The van der Waals surface area contributed by atoms with Gasteiger partial charge in [-0.1, -0.05) is 6.07 Å². The fraction of sp³-hybridized carbons (Fsp3) is 0.308. The van der Waals surface area contributed by atoms with Crippen molar-refractivity contribution >= 4 is 17.8 Å². The highest BCUT2D eigenvalue weighted by Gasteiger charge is 2.22. The van der Waals surface area contributed by atoms with Crippen LogP contribution in [0.15, 0.2) is 23.2 Å². The summed E-state index contributed by atoms with van der Waals surface area (Å²) in [7, 11) is 0. The molecule has 0 aromatic heterocycles. The van der Waals surface area contributed by atoms with Gasteiger partial charge in [0.15, 0.2) is 17.5 Å². The SMILES string of the molecule is NC(N)=NCCC[C@@H](NC(=O)c1cccc(O)c1O)C(=O)O. The van der Waals surface area contributed by atoms with Crippen molar-refractivity contribution < 1.29 is 24.9 Å². The van der Waals surface area contributed by atoms with Crippen LogP contribution in [0.5, 0.6) is 11.5 Å². The van der Waals surface area contributed by atoms with Crippen LogP contribution in [0, 0.1) is 0 Å². The summed E-state index contributed by atoms with van der Waals surface area (Å²) in [5.41, 5.74) is 10.1.